The summed E-state index contributed by atoms with van der Waals surface area (Å²) in [6.45, 7) is 9.98. The van der Waals surface area contributed by atoms with Gasteiger partial charge in [0.15, 0.2) is 0 Å². The van der Waals surface area contributed by atoms with E-state index in [1.807, 2.05) is 17.5 Å². The number of likely N-dealkylation sites (tertiary alicyclic amines) is 1. The van der Waals surface area contributed by atoms with Gasteiger partial charge in [-0.05, 0) is 26.3 Å². The molecule has 1 aliphatic rings. The number of nitrogens with zero attached hydrogens (tertiary/aromatic N) is 2. The quantitative estimate of drug-likeness (QED) is 0.893. The van der Waals surface area contributed by atoms with Gasteiger partial charge in [0.05, 0.1) is 6.54 Å². The molecule has 4 heteroatoms. The molecule has 0 bridgehead atoms. The summed E-state index contributed by atoms with van der Waals surface area (Å²) in [7, 11) is 0. The van der Waals surface area contributed by atoms with Gasteiger partial charge in [-0.3, -0.25) is 4.90 Å². The maximum Gasteiger partial charge on any atom is 0.107 e. The van der Waals surface area contributed by atoms with Gasteiger partial charge in [-0.1, -0.05) is 13.8 Å². The normalized spacial score (nSPS) is 22.2. The Morgan fingerprint density at radius 1 is 1.59 bits per heavy atom. The predicted octanol–water partition coefficient (Wildman–Crippen LogP) is 2.41. The summed E-state index contributed by atoms with van der Waals surface area (Å²) in [6, 6.07) is 1.24. The molecule has 0 aliphatic carbocycles. The number of nitrogens with one attached hydrogen (secondary N) is 1. The van der Waals surface area contributed by atoms with Gasteiger partial charge in [0, 0.05) is 29.7 Å². The van der Waals surface area contributed by atoms with Crippen molar-refractivity contribution in [2.45, 2.75) is 52.2 Å². The van der Waals surface area contributed by atoms with Crippen molar-refractivity contribution in [2.24, 2.45) is 0 Å². The summed E-state index contributed by atoms with van der Waals surface area (Å²) < 4.78 is 0. The molecule has 0 aromatic carbocycles. The Bertz CT molecular complexity index is 348. The molecule has 2 rings (SSSR count). The summed E-state index contributed by atoms with van der Waals surface area (Å²) in [5.74, 6) is 0. The molecule has 2 heterocycles. The molecule has 17 heavy (non-hydrogen) atoms. The zero-order valence-corrected chi connectivity index (χ0v) is 11.9. The minimum Gasteiger partial charge on any atom is -0.311 e. The highest BCUT2D eigenvalue weighted by atomic mass is 32.1. The molecule has 96 valence electrons. The third-order valence-electron chi connectivity index (χ3n) is 3.10. The van der Waals surface area contributed by atoms with E-state index in [9.17, 15) is 0 Å². The topological polar surface area (TPSA) is 28.2 Å². The Morgan fingerprint density at radius 2 is 2.41 bits per heavy atom. The zero-order valence-electron chi connectivity index (χ0n) is 11.1. The second kappa shape index (κ2) is 5.94. The van der Waals surface area contributed by atoms with Crippen LogP contribution in [0.4, 0.5) is 0 Å². The van der Waals surface area contributed by atoms with Crippen LogP contribution in [0.1, 0.15) is 36.6 Å². The number of rotatable bonds is 4. The summed E-state index contributed by atoms with van der Waals surface area (Å²) in [5, 5.41) is 4.90. The van der Waals surface area contributed by atoms with E-state index >= 15 is 0 Å². The lowest BCUT2D eigenvalue weighted by molar-refractivity contribution is 0.178. The molecule has 1 aromatic heterocycles. The third-order valence-corrected chi connectivity index (χ3v) is 4.00. The molecule has 1 aromatic rings. The molecule has 0 amide bonds. The maximum absolute atomic E-state index is 4.45. The molecule has 0 radical (unpaired) electrons. The lowest BCUT2D eigenvalue weighted by Crippen LogP contribution is -2.47. The Morgan fingerprint density at radius 3 is 3.06 bits per heavy atom. The summed E-state index contributed by atoms with van der Waals surface area (Å²) in [4.78, 5) is 8.30. The van der Waals surface area contributed by atoms with Crippen molar-refractivity contribution in [1.29, 1.82) is 0 Å². The van der Waals surface area contributed by atoms with Gasteiger partial charge in [0.25, 0.3) is 0 Å². The SMILES string of the molecule is Cc1cnc(CN2CCCC(NC(C)C)C2)s1. The Hall–Kier alpha value is -0.450. The van der Waals surface area contributed by atoms with E-state index in [0.717, 1.165) is 13.1 Å². The lowest BCUT2D eigenvalue weighted by atomic mass is 10.1. The molecule has 1 atom stereocenters. The van der Waals surface area contributed by atoms with Crippen LogP contribution in [0.2, 0.25) is 0 Å². The molecule has 0 saturated carbocycles. The van der Waals surface area contributed by atoms with Crippen molar-refractivity contribution in [2.75, 3.05) is 13.1 Å². The first-order valence-electron chi connectivity index (χ1n) is 6.53. The fraction of sp³-hybridized carbons (Fsp3) is 0.769. The monoisotopic (exact) mass is 253 g/mol. The van der Waals surface area contributed by atoms with E-state index in [1.165, 1.54) is 29.3 Å². The Kier molecular flexibility index (Phi) is 4.54. The predicted molar refractivity (Wildman–Crippen MR) is 73.4 cm³/mol. The highest BCUT2D eigenvalue weighted by Crippen LogP contribution is 2.17. The molecule has 3 nitrogen and oxygen atoms in total. The highest BCUT2D eigenvalue weighted by Gasteiger charge is 2.20. The van der Waals surface area contributed by atoms with Crippen molar-refractivity contribution in [3.8, 4) is 0 Å². The summed E-state index contributed by atoms with van der Waals surface area (Å²) >= 11 is 1.82. The van der Waals surface area contributed by atoms with E-state index in [-0.39, 0.29) is 0 Å². The average Bonchev–Trinajstić information content (AvgIpc) is 2.63. The molecule has 1 aliphatic heterocycles. The van der Waals surface area contributed by atoms with Crippen LogP contribution in [0.25, 0.3) is 0 Å². The van der Waals surface area contributed by atoms with Gasteiger partial charge in [0.2, 0.25) is 0 Å². The van der Waals surface area contributed by atoms with Crippen LogP contribution in [-0.4, -0.2) is 35.1 Å². The number of piperidine rings is 1. The molecule has 1 saturated heterocycles. The third kappa shape index (κ3) is 4.05. The standard InChI is InChI=1S/C13H23N3S/c1-10(2)15-12-5-4-6-16(8-12)9-13-14-7-11(3)17-13/h7,10,12,15H,4-6,8-9H2,1-3H3. The first-order chi connectivity index (χ1) is 8.13. The van der Waals surface area contributed by atoms with Crippen molar-refractivity contribution >= 4 is 11.3 Å². The van der Waals surface area contributed by atoms with Crippen molar-refractivity contribution in [3.63, 3.8) is 0 Å². The van der Waals surface area contributed by atoms with Gasteiger partial charge in [0.1, 0.15) is 5.01 Å². The number of hydrogen-bond acceptors (Lipinski definition) is 4. The van der Waals surface area contributed by atoms with E-state index in [4.69, 9.17) is 0 Å². The molecule has 1 fully saturated rings. The number of hydrogen-bond donors (Lipinski definition) is 1. The van der Waals surface area contributed by atoms with Crippen molar-refractivity contribution in [1.82, 2.24) is 15.2 Å². The lowest BCUT2D eigenvalue weighted by Gasteiger charge is -2.33. The van der Waals surface area contributed by atoms with E-state index in [1.54, 1.807) is 0 Å². The largest absolute Gasteiger partial charge is 0.311 e. The fourth-order valence-corrected chi connectivity index (χ4v) is 3.30. The number of aromatic nitrogens is 1. The smallest absolute Gasteiger partial charge is 0.107 e. The van der Waals surface area contributed by atoms with Gasteiger partial charge in [-0.25, -0.2) is 4.98 Å². The van der Waals surface area contributed by atoms with Gasteiger partial charge < -0.3 is 5.32 Å². The van der Waals surface area contributed by atoms with Crippen LogP contribution in [0, 0.1) is 6.92 Å². The minimum atomic E-state index is 0.585. The second-order valence-electron chi connectivity index (χ2n) is 5.26. The van der Waals surface area contributed by atoms with Crippen molar-refractivity contribution < 1.29 is 0 Å². The number of aryl methyl sites for hydroxylation is 1. The van der Waals surface area contributed by atoms with Crippen LogP contribution >= 0.6 is 11.3 Å². The highest BCUT2D eigenvalue weighted by molar-refractivity contribution is 7.11. The first-order valence-corrected chi connectivity index (χ1v) is 7.35. The Balaban J connectivity index is 1.85. The van der Waals surface area contributed by atoms with Crippen LogP contribution in [0.5, 0.6) is 0 Å². The van der Waals surface area contributed by atoms with Crippen LogP contribution in [0.15, 0.2) is 6.20 Å². The van der Waals surface area contributed by atoms with Crippen LogP contribution in [0.3, 0.4) is 0 Å². The molecular formula is C13H23N3S. The molecule has 1 N–H and O–H groups in total. The van der Waals surface area contributed by atoms with Gasteiger partial charge in [-0.2, -0.15) is 0 Å². The number of thiazole rings is 1. The van der Waals surface area contributed by atoms with E-state index in [0.29, 0.717) is 12.1 Å². The molecule has 0 spiro atoms. The first kappa shape index (κ1) is 13.0. The van der Waals surface area contributed by atoms with Gasteiger partial charge in [-0.15, -0.1) is 11.3 Å². The fourth-order valence-electron chi connectivity index (χ4n) is 2.47. The molecular weight excluding hydrogens is 230 g/mol. The molecule has 1 unspecified atom stereocenters. The van der Waals surface area contributed by atoms with Gasteiger partial charge >= 0.3 is 0 Å². The Labute approximate surface area is 108 Å². The van der Waals surface area contributed by atoms with Crippen molar-refractivity contribution in [3.05, 3.63) is 16.1 Å². The van der Waals surface area contributed by atoms with E-state index < -0.39 is 0 Å². The maximum atomic E-state index is 4.45. The minimum absolute atomic E-state index is 0.585. The second-order valence-corrected chi connectivity index (χ2v) is 6.58. The zero-order chi connectivity index (χ0) is 12.3. The summed E-state index contributed by atoms with van der Waals surface area (Å²) in [6.07, 6.45) is 4.59. The van der Waals surface area contributed by atoms with Crippen LogP contribution < -0.4 is 5.32 Å². The summed E-state index contributed by atoms with van der Waals surface area (Å²) in [5.41, 5.74) is 0. The van der Waals surface area contributed by atoms with E-state index in [2.05, 4.69) is 36.0 Å². The van der Waals surface area contributed by atoms with Crippen LogP contribution in [-0.2, 0) is 6.54 Å². The average molecular weight is 253 g/mol.